The molecule has 164 valence electrons. The van der Waals surface area contributed by atoms with Gasteiger partial charge < -0.3 is 19.4 Å². The van der Waals surface area contributed by atoms with Crippen LogP contribution < -0.4 is 5.32 Å². The van der Waals surface area contributed by atoms with Gasteiger partial charge in [0.2, 0.25) is 5.95 Å². The molecule has 1 saturated carbocycles. The van der Waals surface area contributed by atoms with E-state index in [0.717, 1.165) is 30.6 Å². The molecule has 1 fully saturated rings. The summed E-state index contributed by atoms with van der Waals surface area (Å²) in [5, 5.41) is 4.11. The lowest BCUT2D eigenvalue weighted by Gasteiger charge is -2.22. The fourth-order valence-electron chi connectivity index (χ4n) is 4.43. The van der Waals surface area contributed by atoms with Gasteiger partial charge in [-0.15, -0.1) is 0 Å². The van der Waals surface area contributed by atoms with Gasteiger partial charge in [-0.25, -0.2) is 4.98 Å². The van der Waals surface area contributed by atoms with E-state index in [1.807, 2.05) is 6.20 Å². The Morgan fingerprint density at radius 2 is 2.13 bits per heavy atom. The highest BCUT2D eigenvalue weighted by molar-refractivity contribution is 5.91. The maximum atomic E-state index is 12.3. The number of hydrogen-bond acceptors (Lipinski definition) is 5. The number of nitrogens with one attached hydrogen (secondary N) is 1. The molecule has 6 nitrogen and oxygen atoms in total. The van der Waals surface area contributed by atoms with Crippen molar-refractivity contribution >= 4 is 22.6 Å². The van der Waals surface area contributed by atoms with E-state index in [1.54, 1.807) is 6.92 Å². The van der Waals surface area contributed by atoms with Crippen LogP contribution >= 0.6 is 0 Å². The van der Waals surface area contributed by atoms with Crippen LogP contribution in [0, 0.1) is 5.92 Å². The molecule has 2 aromatic heterocycles. The molecule has 3 heterocycles. The van der Waals surface area contributed by atoms with Gasteiger partial charge in [-0.3, -0.25) is 0 Å². The minimum Gasteiger partial charge on any atom is -0.377 e. The van der Waals surface area contributed by atoms with E-state index >= 15 is 0 Å². The summed E-state index contributed by atoms with van der Waals surface area (Å²) in [4.78, 5) is 9.21. The quantitative estimate of drug-likeness (QED) is 0.661. The Morgan fingerprint density at radius 1 is 1.30 bits per heavy atom. The number of rotatable bonds is 8. The molecule has 0 radical (unpaired) electrons. The highest BCUT2D eigenvalue weighted by Gasteiger charge is 2.20. The minimum atomic E-state index is -2.78. The maximum absolute atomic E-state index is 12.3. The number of alkyl halides is 2. The molecule has 8 heteroatoms. The van der Waals surface area contributed by atoms with E-state index in [-0.39, 0.29) is 12.6 Å². The number of aromatic nitrogens is 3. The fourth-order valence-corrected chi connectivity index (χ4v) is 4.43. The van der Waals surface area contributed by atoms with Crippen molar-refractivity contribution in [2.75, 3.05) is 25.1 Å². The van der Waals surface area contributed by atoms with Gasteiger partial charge in [0.05, 0.1) is 19.8 Å². The molecular formula is C22H30F2N4O2. The van der Waals surface area contributed by atoms with Gasteiger partial charge in [-0.2, -0.15) is 13.8 Å². The standard InChI is InChI=1S/C22H30F2N4O2/c1-15(14-30-21(23)24)26-22-25-11-18-19(17-7-9-29-10-8-17)13-28(20(18)27-22)12-16-5-3-2-4-6-16/h7,11,13,15-16,21H,2-6,8-10,12,14H2,1H3,(H,25,26,27)/t15-/m0/s1. The topological polar surface area (TPSA) is 61.2 Å². The number of fused-ring (bicyclic) bond motifs is 1. The van der Waals surface area contributed by atoms with Crippen LogP contribution in [-0.2, 0) is 16.0 Å². The Hall–Kier alpha value is -2.06. The van der Waals surface area contributed by atoms with Crippen LogP contribution in [0.1, 0.15) is 51.0 Å². The van der Waals surface area contributed by atoms with Crippen LogP contribution in [-0.4, -0.2) is 47.0 Å². The predicted octanol–water partition coefficient (Wildman–Crippen LogP) is 4.85. The third-order valence-electron chi connectivity index (χ3n) is 5.95. The van der Waals surface area contributed by atoms with E-state index in [0.29, 0.717) is 18.5 Å². The van der Waals surface area contributed by atoms with Gasteiger partial charge in [-0.1, -0.05) is 25.3 Å². The summed E-state index contributed by atoms with van der Waals surface area (Å²) >= 11 is 0. The van der Waals surface area contributed by atoms with E-state index in [1.165, 1.54) is 43.2 Å². The highest BCUT2D eigenvalue weighted by Crippen LogP contribution is 2.32. The van der Waals surface area contributed by atoms with Crippen LogP contribution in [0.25, 0.3) is 16.6 Å². The zero-order valence-corrected chi connectivity index (χ0v) is 17.4. The number of ether oxygens (including phenoxy) is 2. The zero-order valence-electron chi connectivity index (χ0n) is 17.4. The molecule has 0 spiro atoms. The van der Waals surface area contributed by atoms with Gasteiger partial charge in [0, 0.05) is 35.9 Å². The Bertz CT molecular complexity index is 877. The molecule has 1 atom stereocenters. The van der Waals surface area contributed by atoms with Crippen molar-refractivity contribution in [3.63, 3.8) is 0 Å². The van der Waals surface area contributed by atoms with Gasteiger partial charge in [-0.05, 0) is 37.7 Å². The molecule has 0 bridgehead atoms. The maximum Gasteiger partial charge on any atom is 0.345 e. The SMILES string of the molecule is C[C@@H](COC(F)F)Nc1ncc2c(C3=CCOCC3)cn(CC3CCCCC3)c2n1. The number of nitrogens with zero attached hydrogens (tertiary/aromatic N) is 3. The summed E-state index contributed by atoms with van der Waals surface area (Å²) < 4.78 is 36.7. The third-order valence-corrected chi connectivity index (χ3v) is 5.95. The van der Waals surface area contributed by atoms with Gasteiger partial charge in [0.15, 0.2) is 0 Å². The number of hydrogen-bond donors (Lipinski definition) is 1. The molecule has 2 aromatic rings. The largest absolute Gasteiger partial charge is 0.377 e. The summed E-state index contributed by atoms with van der Waals surface area (Å²) in [6.45, 7) is 1.19. The van der Waals surface area contributed by atoms with E-state index < -0.39 is 6.61 Å². The van der Waals surface area contributed by atoms with Crippen molar-refractivity contribution in [3.05, 3.63) is 24.0 Å². The first kappa shape index (κ1) is 21.2. The second-order valence-corrected chi connectivity index (χ2v) is 8.32. The second-order valence-electron chi connectivity index (χ2n) is 8.32. The molecular weight excluding hydrogens is 390 g/mol. The van der Waals surface area contributed by atoms with Crippen molar-refractivity contribution in [1.82, 2.24) is 14.5 Å². The van der Waals surface area contributed by atoms with E-state index in [2.05, 4.69) is 31.9 Å². The van der Waals surface area contributed by atoms with Crippen molar-refractivity contribution in [2.24, 2.45) is 5.92 Å². The summed E-state index contributed by atoms with van der Waals surface area (Å²) in [5.74, 6) is 1.10. The first-order valence-electron chi connectivity index (χ1n) is 10.9. The smallest absolute Gasteiger partial charge is 0.345 e. The van der Waals surface area contributed by atoms with Gasteiger partial charge >= 0.3 is 6.61 Å². The van der Waals surface area contributed by atoms with Crippen LogP contribution in [0.15, 0.2) is 18.5 Å². The highest BCUT2D eigenvalue weighted by atomic mass is 19.3. The summed E-state index contributed by atoms with van der Waals surface area (Å²) in [6, 6.07) is -0.323. The molecule has 2 aliphatic rings. The fraction of sp³-hybridized carbons (Fsp3) is 0.636. The Morgan fingerprint density at radius 3 is 2.87 bits per heavy atom. The van der Waals surface area contributed by atoms with Crippen molar-refractivity contribution in [2.45, 2.75) is 64.6 Å². The summed E-state index contributed by atoms with van der Waals surface area (Å²) in [5.41, 5.74) is 3.34. The lowest BCUT2D eigenvalue weighted by molar-refractivity contribution is -0.130. The first-order valence-corrected chi connectivity index (χ1v) is 10.9. The van der Waals surface area contributed by atoms with Crippen LogP contribution in [0.4, 0.5) is 14.7 Å². The Kier molecular flexibility index (Phi) is 6.94. The van der Waals surface area contributed by atoms with Crippen LogP contribution in [0.2, 0.25) is 0 Å². The Labute approximate surface area is 175 Å². The average molecular weight is 421 g/mol. The zero-order chi connectivity index (χ0) is 20.9. The van der Waals surface area contributed by atoms with E-state index in [4.69, 9.17) is 9.72 Å². The van der Waals surface area contributed by atoms with Gasteiger partial charge in [0.1, 0.15) is 5.65 Å². The average Bonchev–Trinajstić information content (AvgIpc) is 3.11. The van der Waals surface area contributed by atoms with Crippen molar-refractivity contribution in [3.8, 4) is 0 Å². The number of anilines is 1. The molecule has 0 aromatic carbocycles. The molecule has 30 heavy (non-hydrogen) atoms. The van der Waals surface area contributed by atoms with Crippen molar-refractivity contribution < 1.29 is 18.3 Å². The van der Waals surface area contributed by atoms with Gasteiger partial charge in [0.25, 0.3) is 0 Å². The third kappa shape index (κ3) is 5.16. The van der Waals surface area contributed by atoms with Crippen molar-refractivity contribution in [1.29, 1.82) is 0 Å². The normalized spacial score (nSPS) is 19.3. The molecule has 1 N–H and O–H groups in total. The lowest BCUT2D eigenvalue weighted by atomic mass is 9.89. The molecule has 1 aliphatic carbocycles. The molecule has 1 aliphatic heterocycles. The van der Waals surface area contributed by atoms with Crippen LogP contribution in [0.5, 0.6) is 0 Å². The molecule has 0 amide bonds. The summed E-state index contributed by atoms with van der Waals surface area (Å²) in [6.07, 6.45) is 13.5. The van der Waals surface area contributed by atoms with Crippen LogP contribution in [0.3, 0.4) is 0 Å². The predicted molar refractivity (Wildman–Crippen MR) is 113 cm³/mol. The summed E-state index contributed by atoms with van der Waals surface area (Å²) in [7, 11) is 0. The number of halogens is 2. The van der Waals surface area contributed by atoms with E-state index in [9.17, 15) is 8.78 Å². The Balaban J connectivity index is 1.61. The first-order chi connectivity index (χ1) is 14.6. The minimum absolute atomic E-state index is 0.111. The molecule has 0 unspecified atom stereocenters. The molecule has 0 saturated heterocycles. The molecule has 4 rings (SSSR count). The second kappa shape index (κ2) is 9.83. The monoisotopic (exact) mass is 420 g/mol. The lowest BCUT2D eigenvalue weighted by Crippen LogP contribution is -2.24.